The molecule has 27 heavy (non-hydrogen) atoms. The van der Waals surface area contributed by atoms with E-state index in [0.717, 1.165) is 5.69 Å². The van der Waals surface area contributed by atoms with Crippen molar-refractivity contribution in [3.05, 3.63) is 30.3 Å². The SMILES string of the molecule is CC(C)OC(=O)C(C(C)C)N(CCO[Si](C)(C)C(C)(C)C)c1ccccc1. The number of carbonyl (C=O) groups is 1. The molecular weight excluding hydrogens is 354 g/mol. The van der Waals surface area contributed by atoms with E-state index in [1.165, 1.54) is 0 Å². The quantitative estimate of drug-likeness (QED) is 0.411. The van der Waals surface area contributed by atoms with Crippen LogP contribution in [0.3, 0.4) is 0 Å². The molecule has 0 saturated heterocycles. The molecule has 1 unspecified atom stereocenters. The Hall–Kier alpha value is -1.33. The molecule has 5 heteroatoms. The first-order valence-electron chi connectivity index (χ1n) is 10.0. The molecule has 0 saturated carbocycles. The van der Waals surface area contributed by atoms with E-state index in [9.17, 15) is 4.79 Å². The number of carbonyl (C=O) groups excluding carboxylic acids is 1. The van der Waals surface area contributed by atoms with Crippen molar-refractivity contribution in [1.29, 1.82) is 0 Å². The van der Waals surface area contributed by atoms with E-state index in [2.05, 4.69) is 52.6 Å². The second-order valence-electron chi connectivity index (χ2n) is 9.31. The molecule has 1 aromatic rings. The molecule has 0 radical (unpaired) electrons. The fourth-order valence-electron chi connectivity index (χ4n) is 2.73. The lowest BCUT2D eigenvalue weighted by atomic mass is 10.0. The Balaban J connectivity index is 3.04. The van der Waals surface area contributed by atoms with Crippen molar-refractivity contribution in [2.75, 3.05) is 18.1 Å². The monoisotopic (exact) mass is 393 g/mol. The van der Waals surface area contributed by atoms with Crippen LogP contribution in [0.1, 0.15) is 48.5 Å². The van der Waals surface area contributed by atoms with E-state index in [4.69, 9.17) is 9.16 Å². The minimum atomic E-state index is -1.83. The smallest absolute Gasteiger partial charge is 0.329 e. The molecule has 1 atom stereocenters. The van der Waals surface area contributed by atoms with E-state index in [-0.39, 0.29) is 29.1 Å². The molecule has 154 valence electrons. The summed E-state index contributed by atoms with van der Waals surface area (Å²) in [5, 5.41) is 0.165. The third kappa shape index (κ3) is 6.96. The summed E-state index contributed by atoms with van der Waals surface area (Å²) in [6.45, 7) is 20.4. The van der Waals surface area contributed by atoms with Crippen LogP contribution in [-0.2, 0) is 14.0 Å². The second-order valence-corrected chi connectivity index (χ2v) is 14.1. The maximum atomic E-state index is 12.8. The van der Waals surface area contributed by atoms with Gasteiger partial charge in [-0.2, -0.15) is 0 Å². The molecule has 0 heterocycles. The summed E-state index contributed by atoms with van der Waals surface area (Å²) in [6.07, 6.45) is -0.125. The van der Waals surface area contributed by atoms with Crippen molar-refractivity contribution >= 4 is 20.0 Å². The molecule has 0 N–H and O–H groups in total. The molecule has 0 aliphatic heterocycles. The van der Waals surface area contributed by atoms with Crippen molar-refractivity contribution in [3.63, 3.8) is 0 Å². The Morgan fingerprint density at radius 1 is 1.07 bits per heavy atom. The third-order valence-electron chi connectivity index (χ3n) is 5.25. The maximum Gasteiger partial charge on any atom is 0.329 e. The van der Waals surface area contributed by atoms with Gasteiger partial charge in [-0.05, 0) is 50.0 Å². The average Bonchev–Trinajstić information content (AvgIpc) is 2.52. The standard InChI is InChI=1S/C22H39NO3Si/c1-17(2)20(21(24)26-18(3)4)23(19-13-11-10-12-14-19)15-16-25-27(8,9)22(5,6)7/h10-14,17-18,20H,15-16H2,1-9H3. The molecule has 0 bridgehead atoms. The van der Waals surface area contributed by atoms with Gasteiger partial charge in [0.2, 0.25) is 0 Å². The number of anilines is 1. The van der Waals surface area contributed by atoms with Gasteiger partial charge in [-0.25, -0.2) is 4.79 Å². The molecule has 1 rings (SSSR count). The van der Waals surface area contributed by atoms with Gasteiger partial charge in [-0.15, -0.1) is 0 Å². The van der Waals surface area contributed by atoms with Gasteiger partial charge in [0.1, 0.15) is 6.04 Å². The number of nitrogens with zero attached hydrogens (tertiary/aromatic N) is 1. The highest BCUT2D eigenvalue weighted by Crippen LogP contribution is 2.36. The second kappa shape index (κ2) is 9.74. The van der Waals surface area contributed by atoms with Gasteiger partial charge in [-0.1, -0.05) is 52.8 Å². The van der Waals surface area contributed by atoms with E-state index in [1.54, 1.807) is 0 Å². The molecule has 1 aromatic carbocycles. The number of para-hydroxylation sites is 1. The number of esters is 1. The fraction of sp³-hybridized carbons (Fsp3) is 0.682. The van der Waals surface area contributed by atoms with E-state index in [1.807, 2.05) is 44.2 Å². The molecular formula is C22H39NO3Si. The lowest BCUT2D eigenvalue weighted by Gasteiger charge is -2.39. The first kappa shape index (κ1) is 23.7. The van der Waals surface area contributed by atoms with E-state index < -0.39 is 8.32 Å². The summed E-state index contributed by atoms with van der Waals surface area (Å²) in [4.78, 5) is 15.0. The molecule has 0 aliphatic rings. The zero-order valence-electron chi connectivity index (χ0n) is 18.7. The van der Waals surface area contributed by atoms with Crippen LogP contribution in [0.2, 0.25) is 18.1 Å². The minimum Gasteiger partial charge on any atom is -0.461 e. The van der Waals surface area contributed by atoms with Crippen LogP contribution in [0.25, 0.3) is 0 Å². The van der Waals surface area contributed by atoms with Crippen LogP contribution < -0.4 is 4.90 Å². The van der Waals surface area contributed by atoms with Gasteiger partial charge in [0.25, 0.3) is 0 Å². The Morgan fingerprint density at radius 2 is 1.63 bits per heavy atom. The first-order chi connectivity index (χ1) is 12.4. The van der Waals surface area contributed by atoms with Gasteiger partial charge >= 0.3 is 5.97 Å². The summed E-state index contributed by atoms with van der Waals surface area (Å²) in [5.41, 5.74) is 1.02. The Kier molecular flexibility index (Phi) is 8.55. The van der Waals surface area contributed by atoms with Gasteiger partial charge in [0, 0.05) is 12.2 Å². The third-order valence-corrected chi connectivity index (χ3v) is 9.79. The molecule has 0 amide bonds. The van der Waals surface area contributed by atoms with Gasteiger partial charge in [0.05, 0.1) is 12.7 Å². The normalized spacial score (nSPS) is 13.7. The molecule has 4 nitrogen and oxygen atoms in total. The van der Waals surface area contributed by atoms with Crippen LogP contribution in [-0.4, -0.2) is 39.6 Å². The van der Waals surface area contributed by atoms with Gasteiger partial charge < -0.3 is 14.1 Å². The molecule has 0 fully saturated rings. The zero-order valence-corrected chi connectivity index (χ0v) is 19.7. The van der Waals surface area contributed by atoms with Gasteiger partial charge in [-0.3, -0.25) is 0 Å². The van der Waals surface area contributed by atoms with Crippen LogP contribution in [0.5, 0.6) is 0 Å². The van der Waals surface area contributed by atoms with Crippen molar-refractivity contribution in [2.24, 2.45) is 5.92 Å². The number of rotatable bonds is 9. The minimum absolute atomic E-state index is 0.125. The van der Waals surface area contributed by atoms with Crippen molar-refractivity contribution < 1.29 is 14.0 Å². The average molecular weight is 394 g/mol. The van der Waals surface area contributed by atoms with E-state index >= 15 is 0 Å². The molecule has 0 spiro atoms. The zero-order chi connectivity index (χ0) is 20.8. The predicted molar refractivity (Wildman–Crippen MR) is 117 cm³/mol. The first-order valence-corrected chi connectivity index (χ1v) is 12.9. The highest BCUT2D eigenvalue weighted by atomic mass is 28.4. The lowest BCUT2D eigenvalue weighted by molar-refractivity contribution is -0.150. The maximum absolute atomic E-state index is 12.8. The Labute approximate surface area is 167 Å². The molecule has 0 aromatic heterocycles. The van der Waals surface area contributed by atoms with Crippen LogP contribution in [0.4, 0.5) is 5.69 Å². The number of benzene rings is 1. The summed E-state index contributed by atoms with van der Waals surface area (Å²) >= 11 is 0. The predicted octanol–water partition coefficient (Wildman–Crippen LogP) is 5.49. The highest BCUT2D eigenvalue weighted by Gasteiger charge is 2.38. The van der Waals surface area contributed by atoms with Crippen molar-refractivity contribution in [1.82, 2.24) is 0 Å². The van der Waals surface area contributed by atoms with Crippen molar-refractivity contribution in [2.45, 2.75) is 78.7 Å². The largest absolute Gasteiger partial charge is 0.461 e. The highest BCUT2D eigenvalue weighted by molar-refractivity contribution is 6.74. The number of hydrogen-bond acceptors (Lipinski definition) is 4. The number of ether oxygens (including phenoxy) is 1. The summed E-state index contributed by atoms with van der Waals surface area (Å²) in [6, 6.07) is 9.75. The number of hydrogen-bond donors (Lipinski definition) is 0. The summed E-state index contributed by atoms with van der Waals surface area (Å²) in [5.74, 6) is -0.0412. The summed E-state index contributed by atoms with van der Waals surface area (Å²) in [7, 11) is -1.83. The van der Waals surface area contributed by atoms with Crippen LogP contribution >= 0.6 is 0 Å². The molecule has 0 aliphatic carbocycles. The fourth-order valence-corrected chi connectivity index (χ4v) is 3.76. The van der Waals surface area contributed by atoms with Crippen molar-refractivity contribution in [3.8, 4) is 0 Å². The van der Waals surface area contributed by atoms with Gasteiger partial charge in [0.15, 0.2) is 8.32 Å². The van der Waals surface area contributed by atoms with E-state index in [0.29, 0.717) is 13.2 Å². The van der Waals surface area contributed by atoms with Crippen LogP contribution in [0.15, 0.2) is 30.3 Å². The van der Waals surface area contributed by atoms with Crippen LogP contribution in [0, 0.1) is 5.92 Å². The Morgan fingerprint density at radius 3 is 2.07 bits per heavy atom. The lowest BCUT2D eigenvalue weighted by Crippen LogP contribution is -2.49. The Bertz CT molecular complexity index is 579. The topological polar surface area (TPSA) is 38.8 Å². The summed E-state index contributed by atoms with van der Waals surface area (Å²) < 4.78 is 11.9.